The summed E-state index contributed by atoms with van der Waals surface area (Å²) in [7, 11) is 0. The number of hydrogen-bond acceptors (Lipinski definition) is 2. The lowest BCUT2D eigenvalue weighted by atomic mass is 9.95. The van der Waals surface area contributed by atoms with Gasteiger partial charge in [0.15, 0.2) is 5.78 Å². The van der Waals surface area contributed by atoms with Crippen LogP contribution in [-0.4, -0.2) is 5.78 Å². The van der Waals surface area contributed by atoms with Gasteiger partial charge in [0.05, 0.1) is 0 Å². The maximum Gasteiger partial charge on any atom is 0.164 e. The summed E-state index contributed by atoms with van der Waals surface area (Å²) < 4.78 is 0. The van der Waals surface area contributed by atoms with Crippen LogP contribution in [0.2, 0.25) is 0 Å². The van der Waals surface area contributed by atoms with Gasteiger partial charge >= 0.3 is 0 Å². The van der Waals surface area contributed by atoms with Crippen LogP contribution in [0.25, 0.3) is 0 Å². The van der Waals surface area contributed by atoms with E-state index >= 15 is 0 Å². The van der Waals surface area contributed by atoms with Crippen molar-refractivity contribution in [3.05, 3.63) is 28.8 Å². The van der Waals surface area contributed by atoms with Gasteiger partial charge in [0.25, 0.3) is 0 Å². The molecule has 82 valence electrons. The first-order valence-corrected chi connectivity index (χ1v) is 5.59. The molecule has 2 nitrogen and oxygen atoms in total. The van der Waals surface area contributed by atoms with E-state index in [-0.39, 0.29) is 5.78 Å². The standard InChI is InChI=1S/C13H19NO/c1-4-9-7-8-11(12(15)6-3)13(14)10(9)5-2/h7-8H,4-6,14H2,1-3H3. The van der Waals surface area contributed by atoms with E-state index in [2.05, 4.69) is 13.8 Å². The first-order chi connectivity index (χ1) is 7.15. The summed E-state index contributed by atoms with van der Waals surface area (Å²) in [5, 5.41) is 0. The molecule has 0 aliphatic heterocycles. The van der Waals surface area contributed by atoms with E-state index in [9.17, 15) is 4.79 Å². The van der Waals surface area contributed by atoms with Crippen LogP contribution in [0.3, 0.4) is 0 Å². The molecule has 0 saturated carbocycles. The molecule has 0 aromatic heterocycles. The highest BCUT2D eigenvalue weighted by Crippen LogP contribution is 2.24. The van der Waals surface area contributed by atoms with E-state index in [0.717, 1.165) is 18.4 Å². The molecule has 0 fully saturated rings. The van der Waals surface area contributed by atoms with E-state index in [1.165, 1.54) is 5.56 Å². The first kappa shape index (κ1) is 11.8. The van der Waals surface area contributed by atoms with Crippen molar-refractivity contribution in [2.24, 2.45) is 0 Å². The average molecular weight is 205 g/mol. The van der Waals surface area contributed by atoms with Gasteiger partial charge in [-0.1, -0.05) is 26.8 Å². The highest BCUT2D eigenvalue weighted by atomic mass is 16.1. The number of hydrogen-bond donors (Lipinski definition) is 1. The van der Waals surface area contributed by atoms with Gasteiger partial charge in [-0.2, -0.15) is 0 Å². The molecule has 0 bridgehead atoms. The number of ketones is 1. The Hall–Kier alpha value is -1.31. The summed E-state index contributed by atoms with van der Waals surface area (Å²) in [5.74, 6) is 0.129. The van der Waals surface area contributed by atoms with Crippen molar-refractivity contribution < 1.29 is 4.79 Å². The minimum atomic E-state index is 0.129. The number of carbonyl (C=O) groups is 1. The van der Waals surface area contributed by atoms with Crippen LogP contribution in [-0.2, 0) is 12.8 Å². The van der Waals surface area contributed by atoms with E-state index in [1.807, 2.05) is 19.1 Å². The zero-order valence-corrected chi connectivity index (χ0v) is 9.76. The minimum Gasteiger partial charge on any atom is -0.398 e. The number of benzene rings is 1. The Balaban J connectivity index is 3.29. The van der Waals surface area contributed by atoms with Gasteiger partial charge < -0.3 is 5.73 Å². The second kappa shape index (κ2) is 4.96. The third kappa shape index (κ3) is 2.20. The van der Waals surface area contributed by atoms with Crippen molar-refractivity contribution in [1.82, 2.24) is 0 Å². The molecule has 1 aromatic carbocycles. The summed E-state index contributed by atoms with van der Waals surface area (Å²) >= 11 is 0. The maximum absolute atomic E-state index is 11.6. The number of nitrogens with two attached hydrogens (primary N) is 1. The second-order valence-electron chi connectivity index (χ2n) is 3.65. The summed E-state index contributed by atoms with van der Waals surface area (Å²) in [6.45, 7) is 6.04. The summed E-state index contributed by atoms with van der Waals surface area (Å²) in [6.07, 6.45) is 2.37. The Kier molecular flexibility index (Phi) is 3.89. The third-order valence-corrected chi connectivity index (χ3v) is 2.81. The highest BCUT2D eigenvalue weighted by Gasteiger charge is 2.12. The van der Waals surface area contributed by atoms with Crippen molar-refractivity contribution in [2.45, 2.75) is 40.0 Å². The number of anilines is 1. The van der Waals surface area contributed by atoms with Gasteiger partial charge in [0, 0.05) is 17.7 Å². The molecule has 1 rings (SSSR count). The van der Waals surface area contributed by atoms with Gasteiger partial charge in [0.2, 0.25) is 0 Å². The molecule has 1 aromatic rings. The van der Waals surface area contributed by atoms with Crippen LogP contribution >= 0.6 is 0 Å². The summed E-state index contributed by atoms with van der Waals surface area (Å²) in [4.78, 5) is 11.6. The molecule has 0 saturated heterocycles. The van der Waals surface area contributed by atoms with Crippen LogP contribution in [0, 0.1) is 0 Å². The van der Waals surface area contributed by atoms with Crippen molar-refractivity contribution >= 4 is 11.5 Å². The molecule has 0 atom stereocenters. The van der Waals surface area contributed by atoms with Gasteiger partial charge in [-0.25, -0.2) is 0 Å². The molecular formula is C13H19NO. The van der Waals surface area contributed by atoms with Gasteiger partial charge in [0.1, 0.15) is 0 Å². The zero-order valence-electron chi connectivity index (χ0n) is 9.76. The number of aryl methyl sites for hydroxylation is 1. The smallest absolute Gasteiger partial charge is 0.164 e. The van der Waals surface area contributed by atoms with E-state index in [0.29, 0.717) is 17.7 Å². The van der Waals surface area contributed by atoms with E-state index < -0.39 is 0 Å². The molecule has 15 heavy (non-hydrogen) atoms. The molecule has 0 radical (unpaired) electrons. The first-order valence-electron chi connectivity index (χ1n) is 5.59. The normalized spacial score (nSPS) is 10.3. The van der Waals surface area contributed by atoms with E-state index in [1.54, 1.807) is 0 Å². The number of Topliss-reactive ketones (excluding diaryl/α,β-unsaturated/α-hetero) is 1. The third-order valence-electron chi connectivity index (χ3n) is 2.81. The molecule has 0 aliphatic carbocycles. The number of carbonyl (C=O) groups excluding carboxylic acids is 1. The van der Waals surface area contributed by atoms with Crippen LogP contribution in [0.4, 0.5) is 5.69 Å². The molecule has 2 heteroatoms. The molecule has 0 amide bonds. The predicted molar refractivity (Wildman–Crippen MR) is 64.2 cm³/mol. The maximum atomic E-state index is 11.6. The van der Waals surface area contributed by atoms with Crippen molar-refractivity contribution in [1.29, 1.82) is 0 Å². The van der Waals surface area contributed by atoms with Crippen molar-refractivity contribution in [3.63, 3.8) is 0 Å². The van der Waals surface area contributed by atoms with Gasteiger partial charge in [-0.15, -0.1) is 0 Å². The van der Waals surface area contributed by atoms with Crippen LogP contribution in [0.5, 0.6) is 0 Å². The van der Waals surface area contributed by atoms with Crippen LogP contribution in [0.15, 0.2) is 12.1 Å². The fourth-order valence-corrected chi connectivity index (χ4v) is 1.89. The number of rotatable bonds is 4. The van der Waals surface area contributed by atoms with E-state index in [4.69, 9.17) is 5.73 Å². The summed E-state index contributed by atoms with van der Waals surface area (Å²) in [5.41, 5.74) is 9.78. The zero-order chi connectivity index (χ0) is 11.4. The molecule has 2 N–H and O–H groups in total. The summed E-state index contributed by atoms with van der Waals surface area (Å²) in [6, 6.07) is 3.89. The Morgan fingerprint density at radius 3 is 2.33 bits per heavy atom. The van der Waals surface area contributed by atoms with Crippen molar-refractivity contribution in [2.75, 3.05) is 5.73 Å². The second-order valence-corrected chi connectivity index (χ2v) is 3.65. The molecular weight excluding hydrogens is 186 g/mol. The molecule has 0 spiro atoms. The fraction of sp³-hybridized carbons (Fsp3) is 0.462. The fourth-order valence-electron chi connectivity index (χ4n) is 1.89. The van der Waals surface area contributed by atoms with Gasteiger partial charge in [-0.05, 0) is 30.0 Å². The molecule has 0 unspecified atom stereocenters. The lowest BCUT2D eigenvalue weighted by Crippen LogP contribution is -2.07. The van der Waals surface area contributed by atoms with Gasteiger partial charge in [-0.3, -0.25) is 4.79 Å². The lowest BCUT2D eigenvalue weighted by Gasteiger charge is -2.12. The van der Waals surface area contributed by atoms with Crippen LogP contribution in [0.1, 0.15) is 48.7 Å². The molecule has 0 aliphatic rings. The Morgan fingerprint density at radius 2 is 1.87 bits per heavy atom. The highest BCUT2D eigenvalue weighted by molar-refractivity contribution is 6.01. The average Bonchev–Trinajstić information content (AvgIpc) is 2.27. The lowest BCUT2D eigenvalue weighted by molar-refractivity contribution is 0.0989. The predicted octanol–water partition coefficient (Wildman–Crippen LogP) is 2.99. The Bertz CT molecular complexity index is 369. The quantitative estimate of drug-likeness (QED) is 0.606. The Morgan fingerprint density at radius 1 is 1.20 bits per heavy atom. The SMILES string of the molecule is CCC(=O)c1ccc(CC)c(CC)c1N. The molecule has 0 heterocycles. The monoisotopic (exact) mass is 205 g/mol. The topological polar surface area (TPSA) is 43.1 Å². The van der Waals surface area contributed by atoms with Crippen molar-refractivity contribution in [3.8, 4) is 0 Å². The largest absolute Gasteiger partial charge is 0.398 e. The number of nitrogen functional groups attached to an aromatic ring is 1. The minimum absolute atomic E-state index is 0.129. The van der Waals surface area contributed by atoms with Crippen LogP contribution < -0.4 is 5.73 Å². The Labute approximate surface area is 91.5 Å².